The summed E-state index contributed by atoms with van der Waals surface area (Å²) < 4.78 is 13.6. The first-order valence-corrected chi connectivity index (χ1v) is 4.97. The minimum absolute atomic E-state index is 0.289. The minimum Gasteiger partial charge on any atom is -0.505 e. The number of rotatable bonds is 0. The van der Waals surface area contributed by atoms with Crippen molar-refractivity contribution >= 4 is 15.9 Å². The van der Waals surface area contributed by atoms with E-state index in [1.165, 1.54) is 6.07 Å². The van der Waals surface area contributed by atoms with Crippen LogP contribution in [0.15, 0.2) is 10.5 Å². The number of phenolic OH excluding ortho intramolecular Hbond substituents is 1. The normalized spacial score (nSPS) is 9.08. The summed E-state index contributed by atoms with van der Waals surface area (Å²) in [4.78, 5) is 0. The molecule has 0 aromatic heterocycles. The Balaban J connectivity index is 0.000000671. The Morgan fingerprint density at radius 2 is 1.77 bits per heavy atom. The third-order valence-corrected chi connectivity index (χ3v) is 2.80. The van der Waals surface area contributed by atoms with Gasteiger partial charge >= 0.3 is 0 Å². The van der Waals surface area contributed by atoms with Gasteiger partial charge < -0.3 is 5.11 Å². The molecule has 1 N–H and O–H groups in total. The topological polar surface area (TPSA) is 20.2 Å². The smallest absolute Gasteiger partial charge is 0.168 e. The van der Waals surface area contributed by atoms with Crippen molar-refractivity contribution < 1.29 is 9.50 Å². The second-order valence-electron chi connectivity index (χ2n) is 2.47. The van der Waals surface area contributed by atoms with Crippen molar-refractivity contribution in [2.75, 3.05) is 0 Å². The lowest BCUT2D eigenvalue weighted by molar-refractivity contribution is 0.429. The molecule has 0 saturated heterocycles. The lowest BCUT2D eigenvalue weighted by Gasteiger charge is -2.05. The molecule has 1 rings (SSSR count). The first kappa shape index (κ1) is 12.4. The molecule has 3 heteroatoms. The fraction of sp³-hybridized carbons (Fsp3) is 0.400. The van der Waals surface area contributed by atoms with Gasteiger partial charge in [0.15, 0.2) is 11.6 Å². The number of phenols is 1. The van der Waals surface area contributed by atoms with Gasteiger partial charge in [0.05, 0.1) is 0 Å². The van der Waals surface area contributed by atoms with Gasteiger partial charge in [-0.3, -0.25) is 0 Å². The number of benzene rings is 1. The Morgan fingerprint density at radius 1 is 1.31 bits per heavy atom. The van der Waals surface area contributed by atoms with E-state index in [2.05, 4.69) is 15.9 Å². The fourth-order valence-electron chi connectivity index (χ4n) is 0.916. The van der Waals surface area contributed by atoms with Crippen molar-refractivity contribution in [1.29, 1.82) is 0 Å². The van der Waals surface area contributed by atoms with Crippen LogP contribution in [0.25, 0.3) is 0 Å². The van der Waals surface area contributed by atoms with Gasteiger partial charge in [-0.05, 0) is 25.5 Å². The van der Waals surface area contributed by atoms with Crippen molar-refractivity contribution in [1.82, 2.24) is 0 Å². The lowest BCUT2D eigenvalue weighted by atomic mass is 10.1. The van der Waals surface area contributed by atoms with Crippen LogP contribution in [0.4, 0.5) is 4.39 Å². The number of hydrogen-bond acceptors (Lipinski definition) is 1. The molecule has 74 valence electrons. The fourth-order valence-corrected chi connectivity index (χ4v) is 1.20. The number of hydrogen-bond donors (Lipinski definition) is 1. The van der Waals surface area contributed by atoms with Gasteiger partial charge in [-0.1, -0.05) is 29.8 Å². The lowest BCUT2D eigenvalue weighted by Crippen LogP contribution is -1.87. The highest BCUT2D eigenvalue weighted by atomic mass is 79.9. The van der Waals surface area contributed by atoms with Crippen LogP contribution in [0, 0.1) is 19.7 Å². The van der Waals surface area contributed by atoms with Crippen LogP contribution in [0.3, 0.4) is 0 Å². The summed E-state index contributed by atoms with van der Waals surface area (Å²) in [6.07, 6.45) is 0. The van der Waals surface area contributed by atoms with Crippen LogP contribution >= 0.6 is 15.9 Å². The van der Waals surface area contributed by atoms with Crippen molar-refractivity contribution in [2.24, 2.45) is 0 Å². The van der Waals surface area contributed by atoms with Crippen molar-refractivity contribution in [3.8, 4) is 5.75 Å². The zero-order valence-corrected chi connectivity index (χ0v) is 9.87. The van der Waals surface area contributed by atoms with Crippen LogP contribution in [-0.4, -0.2) is 5.11 Å². The number of aryl methyl sites for hydroxylation is 1. The van der Waals surface area contributed by atoms with Crippen molar-refractivity contribution in [3.63, 3.8) is 0 Å². The van der Waals surface area contributed by atoms with Crippen molar-refractivity contribution in [2.45, 2.75) is 27.7 Å². The first-order chi connectivity index (χ1) is 6.04. The molecule has 0 aliphatic carbocycles. The predicted octanol–water partition coefficient (Wildman–Crippen LogP) is 3.94. The van der Waals surface area contributed by atoms with E-state index in [0.717, 1.165) is 5.56 Å². The average Bonchev–Trinajstić information content (AvgIpc) is 2.15. The summed E-state index contributed by atoms with van der Waals surface area (Å²) in [6.45, 7) is 7.42. The van der Waals surface area contributed by atoms with Gasteiger partial charge in [0.25, 0.3) is 0 Å². The third-order valence-electron chi connectivity index (χ3n) is 1.58. The zero-order valence-electron chi connectivity index (χ0n) is 8.28. The molecule has 1 aromatic rings. The summed E-state index contributed by atoms with van der Waals surface area (Å²) in [5.74, 6) is -0.842. The monoisotopic (exact) mass is 248 g/mol. The maximum absolute atomic E-state index is 12.9. The highest BCUT2D eigenvalue weighted by Gasteiger charge is 2.09. The summed E-state index contributed by atoms with van der Waals surface area (Å²) >= 11 is 3.21. The molecule has 0 heterocycles. The summed E-state index contributed by atoms with van der Waals surface area (Å²) in [5, 5.41) is 9.01. The molecule has 0 saturated carbocycles. The van der Waals surface area contributed by atoms with E-state index < -0.39 is 5.82 Å². The van der Waals surface area contributed by atoms with Gasteiger partial charge in [0.2, 0.25) is 0 Å². The molecule has 0 radical (unpaired) electrons. The molecule has 0 aliphatic rings. The molecule has 13 heavy (non-hydrogen) atoms. The van der Waals surface area contributed by atoms with Gasteiger partial charge in [0.1, 0.15) is 0 Å². The quantitative estimate of drug-likeness (QED) is 0.738. The minimum atomic E-state index is -0.553. The first-order valence-electron chi connectivity index (χ1n) is 4.18. The second-order valence-corrected chi connectivity index (χ2v) is 3.26. The standard InChI is InChI=1S/C8H8BrFO.C2H6/c1-4-3-6(11)8(10)5(2)7(4)9;1-2/h3,11H,1-2H3;1-2H3. The van der Waals surface area contributed by atoms with E-state index in [-0.39, 0.29) is 5.75 Å². The van der Waals surface area contributed by atoms with Gasteiger partial charge in [-0.15, -0.1) is 0 Å². The number of aromatic hydroxyl groups is 1. The van der Waals surface area contributed by atoms with Gasteiger partial charge in [0, 0.05) is 10.0 Å². The molecular weight excluding hydrogens is 235 g/mol. The molecule has 0 bridgehead atoms. The summed E-state index contributed by atoms with van der Waals surface area (Å²) in [5.41, 5.74) is 1.28. The largest absolute Gasteiger partial charge is 0.505 e. The predicted molar refractivity (Wildman–Crippen MR) is 56.6 cm³/mol. The van der Waals surface area contributed by atoms with Crippen LogP contribution in [0.5, 0.6) is 5.75 Å². The summed E-state index contributed by atoms with van der Waals surface area (Å²) in [7, 11) is 0. The molecule has 1 aromatic carbocycles. The molecule has 1 nitrogen and oxygen atoms in total. The van der Waals surface area contributed by atoms with Crippen molar-refractivity contribution in [3.05, 3.63) is 27.5 Å². The maximum atomic E-state index is 12.9. The molecule has 0 spiro atoms. The van der Waals surface area contributed by atoms with Gasteiger partial charge in [-0.25, -0.2) is 4.39 Å². The highest BCUT2D eigenvalue weighted by Crippen LogP contribution is 2.29. The third kappa shape index (κ3) is 2.69. The van der Waals surface area contributed by atoms with E-state index in [4.69, 9.17) is 5.11 Å². The van der Waals surface area contributed by atoms with Crippen LogP contribution in [0.2, 0.25) is 0 Å². The highest BCUT2D eigenvalue weighted by molar-refractivity contribution is 9.10. The van der Waals surface area contributed by atoms with E-state index in [0.29, 0.717) is 10.0 Å². The molecule has 0 atom stereocenters. The van der Waals surface area contributed by atoms with Gasteiger partial charge in [-0.2, -0.15) is 0 Å². The maximum Gasteiger partial charge on any atom is 0.168 e. The molecule has 0 aliphatic heterocycles. The Kier molecular flexibility index (Phi) is 4.99. The van der Waals surface area contributed by atoms with Crippen LogP contribution in [-0.2, 0) is 0 Å². The Bertz CT molecular complexity index is 271. The van der Waals surface area contributed by atoms with E-state index in [9.17, 15) is 4.39 Å². The van der Waals surface area contributed by atoms with Crippen LogP contribution < -0.4 is 0 Å². The SMILES string of the molecule is CC.Cc1cc(O)c(F)c(C)c1Br. The average molecular weight is 249 g/mol. The molecular formula is C10H14BrFO. The Labute approximate surface area is 86.7 Å². The molecule has 0 fully saturated rings. The van der Waals surface area contributed by atoms with E-state index in [1.807, 2.05) is 13.8 Å². The zero-order chi connectivity index (χ0) is 10.6. The Morgan fingerprint density at radius 3 is 2.23 bits per heavy atom. The van der Waals surface area contributed by atoms with E-state index >= 15 is 0 Å². The summed E-state index contributed by atoms with van der Waals surface area (Å²) in [6, 6.07) is 1.40. The molecule has 0 unspecified atom stereocenters. The Hall–Kier alpha value is -0.570. The van der Waals surface area contributed by atoms with Crippen LogP contribution in [0.1, 0.15) is 25.0 Å². The second kappa shape index (κ2) is 5.22. The number of halogens is 2. The molecule has 0 amide bonds. The van der Waals surface area contributed by atoms with E-state index in [1.54, 1.807) is 13.8 Å².